The van der Waals surface area contributed by atoms with Crippen LogP contribution in [0.25, 0.3) is 0 Å². The standard InChI is InChI=1S/C9H11BrN2O.BrH/c1-6-7(10)3-4-8-11-9(2,13)5-12(6)8;/h3-4,13H,5H2,1-2H3;1H. The summed E-state index contributed by atoms with van der Waals surface area (Å²) in [6.45, 7) is 4.26. The van der Waals surface area contributed by atoms with Gasteiger partial charge in [-0.2, -0.15) is 0 Å². The van der Waals surface area contributed by atoms with E-state index in [4.69, 9.17) is 0 Å². The highest BCUT2D eigenvalue weighted by Crippen LogP contribution is 2.29. The molecule has 0 fully saturated rings. The van der Waals surface area contributed by atoms with E-state index in [2.05, 4.69) is 20.9 Å². The zero-order valence-electron chi connectivity index (χ0n) is 7.99. The Morgan fingerprint density at radius 3 is 2.86 bits per heavy atom. The predicted octanol–water partition coefficient (Wildman–Crippen LogP) is 2.18. The number of aliphatic imine (C=N–C) groups is 1. The van der Waals surface area contributed by atoms with Gasteiger partial charge in [-0.1, -0.05) is 0 Å². The number of allylic oxidation sites excluding steroid dienone is 3. The Bertz CT molecular complexity index is 345. The van der Waals surface area contributed by atoms with Gasteiger partial charge in [-0.05, 0) is 41.9 Å². The topological polar surface area (TPSA) is 35.8 Å². The molecule has 14 heavy (non-hydrogen) atoms. The molecule has 2 rings (SSSR count). The second kappa shape index (κ2) is 3.79. The molecule has 0 spiro atoms. The van der Waals surface area contributed by atoms with Crippen LogP contribution in [0.1, 0.15) is 13.8 Å². The maximum absolute atomic E-state index is 9.73. The summed E-state index contributed by atoms with van der Waals surface area (Å²) in [6.07, 6.45) is 3.85. The molecule has 5 heteroatoms. The Labute approximate surface area is 102 Å². The van der Waals surface area contributed by atoms with Gasteiger partial charge in [-0.15, -0.1) is 17.0 Å². The number of amidine groups is 1. The minimum atomic E-state index is -0.946. The molecule has 1 atom stereocenters. The Balaban J connectivity index is 0.000000980. The minimum absolute atomic E-state index is 0. The van der Waals surface area contributed by atoms with Crippen LogP contribution in [0, 0.1) is 0 Å². The zero-order valence-corrected chi connectivity index (χ0v) is 11.3. The number of fused-ring (bicyclic) bond motifs is 1. The van der Waals surface area contributed by atoms with Crippen LogP contribution in [-0.4, -0.2) is 28.1 Å². The molecule has 0 radical (unpaired) electrons. The fourth-order valence-corrected chi connectivity index (χ4v) is 1.88. The third-order valence-corrected chi connectivity index (χ3v) is 3.06. The summed E-state index contributed by atoms with van der Waals surface area (Å²) in [5, 5.41) is 9.73. The number of rotatable bonds is 0. The second-order valence-electron chi connectivity index (χ2n) is 3.54. The molecule has 0 aromatic carbocycles. The molecule has 0 aromatic heterocycles. The summed E-state index contributed by atoms with van der Waals surface area (Å²) >= 11 is 3.44. The third kappa shape index (κ3) is 1.94. The van der Waals surface area contributed by atoms with Gasteiger partial charge in [-0.3, -0.25) is 0 Å². The zero-order chi connectivity index (χ0) is 9.64. The molecule has 0 amide bonds. The van der Waals surface area contributed by atoms with Gasteiger partial charge in [0.25, 0.3) is 0 Å². The van der Waals surface area contributed by atoms with Crippen LogP contribution in [-0.2, 0) is 0 Å². The lowest BCUT2D eigenvalue weighted by Crippen LogP contribution is -2.33. The van der Waals surface area contributed by atoms with Gasteiger partial charge in [0.05, 0.1) is 6.54 Å². The van der Waals surface area contributed by atoms with Crippen LogP contribution in [0.5, 0.6) is 0 Å². The van der Waals surface area contributed by atoms with Crippen LogP contribution in [0.3, 0.4) is 0 Å². The highest BCUT2D eigenvalue weighted by molar-refractivity contribution is 9.11. The Hall–Kier alpha value is -0.130. The van der Waals surface area contributed by atoms with Gasteiger partial charge >= 0.3 is 0 Å². The minimum Gasteiger partial charge on any atom is -0.368 e. The van der Waals surface area contributed by atoms with Gasteiger partial charge in [0.2, 0.25) is 0 Å². The third-order valence-electron chi connectivity index (χ3n) is 2.22. The highest BCUT2D eigenvalue weighted by atomic mass is 79.9. The first-order valence-electron chi connectivity index (χ1n) is 4.14. The lowest BCUT2D eigenvalue weighted by molar-refractivity contribution is 0.0692. The molecule has 0 aliphatic carbocycles. The fraction of sp³-hybridized carbons (Fsp3) is 0.444. The first kappa shape index (κ1) is 11.9. The number of aliphatic hydroxyl groups is 1. The van der Waals surface area contributed by atoms with E-state index in [9.17, 15) is 5.11 Å². The largest absolute Gasteiger partial charge is 0.368 e. The molecule has 0 bridgehead atoms. The maximum Gasteiger partial charge on any atom is 0.173 e. The normalized spacial score (nSPS) is 30.0. The molecule has 0 saturated heterocycles. The average Bonchev–Trinajstić information content (AvgIpc) is 2.34. The van der Waals surface area contributed by atoms with E-state index in [1.54, 1.807) is 6.92 Å². The Morgan fingerprint density at radius 1 is 1.57 bits per heavy atom. The van der Waals surface area contributed by atoms with Crippen LogP contribution < -0.4 is 0 Å². The van der Waals surface area contributed by atoms with Crippen LogP contribution in [0.15, 0.2) is 27.3 Å². The first-order valence-corrected chi connectivity index (χ1v) is 4.93. The SMILES string of the molecule is Br.CC1=C(Br)C=CC2=NC(C)(O)CN21. The van der Waals surface area contributed by atoms with Crippen molar-refractivity contribution < 1.29 is 5.11 Å². The first-order chi connectivity index (χ1) is 5.99. The summed E-state index contributed by atoms with van der Waals surface area (Å²) in [5.41, 5.74) is 0.150. The van der Waals surface area contributed by atoms with E-state index in [0.29, 0.717) is 6.54 Å². The Morgan fingerprint density at radius 2 is 2.21 bits per heavy atom. The number of hydrogen-bond donors (Lipinski definition) is 1. The smallest absolute Gasteiger partial charge is 0.173 e. The molecule has 2 aliphatic heterocycles. The summed E-state index contributed by atoms with van der Waals surface area (Å²) in [4.78, 5) is 6.19. The van der Waals surface area contributed by atoms with Crippen LogP contribution >= 0.6 is 32.9 Å². The van der Waals surface area contributed by atoms with Crippen molar-refractivity contribution in [2.45, 2.75) is 19.6 Å². The van der Waals surface area contributed by atoms with Gasteiger partial charge in [0.1, 0.15) is 5.84 Å². The van der Waals surface area contributed by atoms with Gasteiger partial charge in [0.15, 0.2) is 5.72 Å². The van der Waals surface area contributed by atoms with Crippen molar-refractivity contribution in [3.8, 4) is 0 Å². The molecule has 3 nitrogen and oxygen atoms in total. The summed E-state index contributed by atoms with van der Waals surface area (Å²) in [6, 6.07) is 0. The molecule has 0 aromatic rings. The van der Waals surface area contributed by atoms with E-state index in [0.717, 1.165) is 16.0 Å². The van der Waals surface area contributed by atoms with Crippen molar-refractivity contribution in [1.82, 2.24) is 4.90 Å². The lowest BCUT2D eigenvalue weighted by Gasteiger charge is -2.24. The van der Waals surface area contributed by atoms with E-state index in [1.165, 1.54) is 0 Å². The Kier molecular flexibility index (Phi) is 3.23. The molecule has 78 valence electrons. The summed E-state index contributed by atoms with van der Waals surface area (Å²) in [5.74, 6) is 0.839. The fourth-order valence-electron chi connectivity index (χ4n) is 1.54. The maximum atomic E-state index is 9.73. The second-order valence-corrected chi connectivity index (χ2v) is 4.39. The number of halogens is 2. The van der Waals surface area contributed by atoms with Crippen molar-refractivity contribution in [2.75, 3.05) is 6.54 Å². The summed E-state index contributed by atoms with van der Waals surface area (Å²) < 4.78 is 1.05. The van der Waals surface area contributed by atoms with Crippen molar-refractivity contribution in [3.05, 3.63) is 22.3 Å². The average molecular weight is 324 g/mol. The van der Waals surface area contributed by atoms with Gasteiger partial charge in [-0.25, -0.2) is 4.99 Å². The van der Waals surface area contributed by atoms with E-state index < -0.39 is 5.72 Å². The molecule has 2 heterocycles. The molecule has 1 unspecified atom stereocenters. The van der Waals surface area contributed by atoms with Crippen LogP contribution in [0.2, 0.25) is 0 Å². The van der Waals surface area contributed by atoms with Gasteiger partial charge in [0, 0.05) is 10.2 Å². The molecule has 2 aliphatic rings. The van der Waals surface area contributed by atoms with Crippen molar-refractivity contribution in [2.24, 2.45) is 4.99 Å². The molecule has 1 N–H and O–H groups in total. The molecular weight excluding hydrogens is 312 g/mol. The lowest BCUT2D eigenvalue weighted by atomic mass is 10.2. The van der Waals surface area contributed by atoms with Crippen molar-refractivity contribution >= 4 is 38.7 Å². The summed E-state index contributed by atoms with van der Waals surface area (Å²) in [7, 11) is 0. The van der Waals surface area contributed by atoms with Crippen molar-refractivity contribution in [3.63, 3.8) is 0 Å². The quantitative estimate of drug-likeness (QED) is 0.741. The van der Waals surface area contributed by atoms with E-state index >= 15 is 0 Å². The molecular formula is C9H12Br2N2O. The molecule has 0 saturated carbocycles. The predicted molar refractivity (Wildman–Crippen MR) is 65.9 cm³/mol. The van der Waals surface area contributed by atoms with E-state index in [-0.39, 0.29) is 17.0 Å². The van der Waals surface area contributed by atoms with Crippen molar-refractivity contribution in [1.29, 1.82) is 0 Å². The monoisotopic (exact) mass is 322 g/mol. The highest BCUT2D eigenvalue weighted by Gasteiger charge is 2.34. The van der Waals surface area contributed by atoms with E-state index in [1.807, 2.05) is 24.0 Å². The van der Waals surface area contributed by atoms with Crippen LogP contribution in [0.4, 0.5) is 0 Å². The number of nitrogens with zero attached hydrogens (tertiary/aromatic N) is 2. The number of hydrogen-bond acceptors (Lipinski definition) is 3. The van der Waals surface area contributed by atoms with Gasteiger partial charge < -0.3 is 10.0 Å².